The zero-order valence-electron chi connectivity index (χ0n) is 35.7. The lowest BCUT2D eigenvalue weighted by molar-refractivity contribution is 1.30. The van der Waals surface area contributed by atoms with Crippen molar-refractivity contribution in [3.05, 3.63) is 229 Å². The lowest BCUT2D eigenvalue weighted by Crippen LogP contribution is -2.59. The molecule has 0 saturated heterocycles. The molecule has 1 heterocycles. The molecule has 0 saturated carbocycles. The second kappa shape index (κ2) is 14.8. The molecule has 12 rings (SSSR count). The monoisotopic (exact) mass is 801 g/mol. The Hall–Kier alpha value is -7.68. The van der Waals surface area contributed by atoms with Crippen molar-refractivity contribution in [1.29, 1.82) is 0 Å². The number of rotatable bonds is 6. The number of hydrogen-bond donors (Lipinski definition) is 0. The number of anilines is 3. The molecule has 0 aliphatic carbocycles. The van der Waals surface area contributed by atoms with Crippen molar-refractivity contribution < 1.29 is 0 Å². The molecule has 11 aromatic rings. The average Bonchev–Trinajstić information content (AvgIpc) is 3.33. The normalized spacial score (nSPS) is 12.3. The summed E-state index contributed by atoms with van der Waals surface area (Å²) in [6.45, 7) is 6.82. The van der Waals surface area contributed by atoms with Gasteiger partial charge in [0, 0.05) is 27.8 Å². The number of nitrogens with zero attached hydrogens (tertiary/aromatic N) is 1. The number of para-hydroxylation sites is 2. The molecule has 0 N–H and O–H groups in total. The summed E-state index contributed by atoms with van der Waals surface area (Å²) in [7, 11) is 0. The van der Waals surface area contributed by atoms with Gasteiger partial charge in [-0.1, -0.05) is 216 Å². The predicted molar refractivity (Wildman–Crippen MR) is 272 cm³/mol. The fourth-order valence-electron chi connectivity index (χ4n) is 11.2. The number of aryl methyl sites for hydroxylation is 3. The molecule has 0 amide bonds. The van der Waals surface area contributed by atoms with Crippen molar-refractivity contribution in [2.45, 2.75) is 20.8 Å². The van der Waals surface area contributed by atoms with Gasteiger partial charge < -0.3 is 4.90 Å². The van der Waals surface area contributed by atoms with Crippen LogP contribution in [-0.4, -0.2) is 6.71 Å². The van der Waals surface area contributed by atoms with Crippen molar-refractivity contribution in [2.24, 2.45) is 0 Å². The SMILES string of the molecule is Cc1cc(C)c(B2c3ccccc3N(c3ccccc3)c3c2c(-c2ccccc2-c2ccccc2)c2ccc4ccc(-c5ccccc5-c5ccccc5)c5ccc3c2c45)c(C)c1. The minimum atomic E-state index is -0.0363. The van der Waals surface area contributed by atoms with Crippen LogP contribution < -0.4 is 21.3 Å². The third kappa shape index (κ3) is 5.79. The first-order chi connectivity index (χ1) is 31.0. The summed E-state index contributed by atoms with van der Waals surface area (Å²) < 4.78 is 0. The van der Waals surface area contributed by atoms with Gasteiger partial charge in [0.05, 0.1) is 0 Å². The Kier molecular flexibility index (Phi) is 8.69. The lowest BCUT2D eigenvalue weighted by Gasteiger charge is -2.40. The maximum Gasteiger partial charge on any atom is 0.248 e. The van der Waals surface area contributed by atoms with Crippen LogP contribution in [0.3, 0.4) is 0 Å². The Labute approximate surface area is 370 Å². The molecular formula is C61H44BN. The largest absolute Gasteiger partial charge is 0.311 e. The topological polar surface area (TPSA) is 3.24 Å². The van der Waals surface area contributed by atoms with Crippen molar-refractivity contribution in [3.8, 4) is 44.5 Å². The molecule has 11 aromatic carbocycles. The van der Waals surface area contributed by atoms with Gasteiger partial charge in [0.15, 0.2) is 0 Å². The Morgan fingerprint density at radius 1 is 0.381 bits per heavy atom. The first-order valence-corrected chi connectivity index (χ1v) is 22.1. The molecule has 0 unspecified atom stereocenters. The van der Waals surface area contributed by atoms with Crippen molar-refractivity contribution >= 4 is 72.5 Å². The summed E-state index contributed by atoms with van der Waals surface area (Å²) >= 11 is 0. The Morgan fingerprint density at radius 3 is 1.59 bits per heavy atom. The molecule has 63 heavy (non-hydrogen) atoms. The predicted octanol–water partition coefficient (Wildman–Crippen LogP) is 14.5. The number of hydrogen-bond acceptors (Lipinski definition) is 1. The molecular weight excluding hydrogens is 757 g/mol. The lowest BCUT2D eigenvalue weighted by atomic mass is 9.32. The fourth-order valence-corrected chi connectivity index (χ4v) is 11.2. The van der Waals surface area contributed by atoms with Gasteiger partial charge in [-0.2, -0.15) is 0 Å². The van der Waals surface area contributed by atoms with Crippen LogP contribution in [-0.2, 0) is 0 Å². The van der Waals surface area contributed by atoms with Crippen LogP contribution in [0.15, 0.2) is 212 Å². The summed E-state index contributed by atoms with van der Waals surface area (Å²) in [5.74, 6) is 0. The molecule has 1 aliphatic rings. The van der Waals surface area contributed by atoms with E-state index < -0.39 is 0 Å². The summed E-state index contributed by atoms with van der Waals surface area (Å²) in [6, 6.07) is 79.1. The van der Waals surface area contributed by atoms with E-state index in [1.54, 1.807) is 0 Å². The van der Waals surface area contributed by atoms with E-state index in [2.05, 4.69) is 238 Å². The van der Waals surface area contributed by atoms with E-state index in [1.807, 2.05) is 0 Å². The van der Waals surface area contributed by atoms with E-state index in [0.29, 0.717) is 0 Å². The van der Waals surface area contributed by atoms with Gasteiger partial charge in [-0.15, -0.1) is 0 Å². The molecule has 296 valence electrons. The quantitative estimate of drug-likeness (QED) is 0.120. The summed E-state index contributed by atoms with van der Waals surface area (Å²) in [6.07, 6.45) is 0. The van der Waals surface area contributed by atoms with Gasteiger partial charge in [-0.05, 0) is 116 Å². The third-order valence-electron chi connectivity index (χ3n) is 13.6. The average molecular weight is 802 g/mol. The highest BCUT2D eigenvalue weighted by Gasteiger charge is 2.41. The van der Waals surface area contributed by atoms with Gasteiger partial charge in [0.1, 0.15) is 0 Å². The Bertz CT molecular complexity index is 3510. The van der Waals surface area contributed by atoms with Crippen LogP contribution in [0, 0.1) is 20.8 Å². The van der Waals surface area contributed by atoms with E-state index in [0.717, 1.165) is 5.69 Å². The van der Waals surface area contributed by atoms with Crippen LogP contribution in [0.2, 0.25) is 0 Å². The maximum absolute atomic E-state index is 2.58. The molecule has 0 bridgehead atoms. The van der Waals surface area contributed by atoms with Crippen LogP contribution >= 0.6 is 0 Å². The van der Waals surface area contributed by atoms with E-state index in [-0.39, 0.29) is 6.71 Å². The van der Waals surface area contributed by atoms with Crippen molar-refractivity contribution in [1.82, 2.24) is 0 Å². The number of fused-ring (bicyclic) bond motifs is 3. The molecule has 0 radical (unpaired) electrons. The summed E-state index contributed by atoms with van der Waals surface area (Å²) in [5.41, 5.74) is 21.5. The Morgan fingerprint density at radius 2 is 0.905 bits per heavy atom. The van der Waals surface area contributed by atoms with Crippen molar-refractivity contribution in [2.75, 3.05) is 4.90 Å². The number of benzene rings is 11. The molecule has 1 aliphatic heterocycles. The van der Waals surface area contributed by atoms with Crippen molar-refractivity contribution in [3.63, 3.8) is 0 Å². The molecule has 0 spiro atoms. The highest BCUT2D eigenvalue weighted by Crippen LogP contribution is 2.50. The first kappa shape index (κ1) is 37.1. The highest BCUT2D eigenvalue weighted by molar-refractivity contribution is 6.99. The van der Waals surface area contributed by atoms with Gasteiger partial charge in [-0.3, -0.25) is 0 Å². The van der Waals surface area contributed by atoms with E-state index in [1.165, 1.54) is 121 Å². The van der Waals surface area contributed by atoms with E-state index >= 15 is 0 Å². The van der Waals surface area contributed by atoms with Gasteiger partial charge in [0.2, 0.25) is 6.71 Å². The van der Waals surface area contributed by atoms with Gasteiger partial charge >= 0.3 is 0 Å². The maximum atomic E-state index is 2.58. The minimum Gasteiger partial charge on any atom is -0.311 e. The van der Waals surface area contributed by atoms with Crippen LogP contribution in [0.4, 0.5) is 17.1 Å². The van der Waals surface area contributed by atoms with E-state index in [9.17, 15) is 0 Å². The fraction of sp³-hybridized carbons (Fsp3) is 0.0492. The smallest absolute Gasteiger partial charge is 0.248 e. The zero-order chi connectivity index (χ0) is 42.2. The van der Waals surface area contributed by atoms with E-state index in [4.69, 9.17) is 0 Å². The van der Waals surface area contributed by atoms with Gasteiger partial charge in [-0.25, -0.2) is 0 Å². The first-order valence-electron chi connectivity index (χ1n) is 22.1. The summed E-state index contributed by atoms with van der Waals surface area (Å²) in [5, 5.41) is 7.66. The van der Waals surface area contributed by atoms with Crippen LogP contribution in [0.5, 0.6) is 0 Å². The Balaban J connectivity index is 1.30. The second-order valence-corrected chi connectivity index (χ2v) is 17.3. The second-order valence-electron chi connectivity index (χ2n) is 17.3. The zero-order valence-corrected chi connectivity index (χ0v) is 35.7. The molecule has 1 nitrogen and oxygen atoms in total. The molecule has 0 fully saturated rings. The van der Waals surface area contributed by atoms with Crippen LogP contribution in [0.25, 0.3) is 76.8 Å². The molecule has 0 atom stereocenters. The van der Waals surface area contributed by atoms with Gasteiger partial charge in [0.25, 0.3) is 0 Å². The highest BCUT2D eigenvalue weighted by atomic mass is 15.2. The minimum absolute atomic E-state index is 0.0363. The molecule has 2 heteroatoms. The standard InChI is InChI=1S/C61H44BN/c1-39-37-40(2)59(41(3)38-39)62-54-29-17-18-30-55(54)63(45-23-11-6-12-24-45)61-53-36-35-51-49(48-27-15-13-25-46(48)42-19-7-4-8-20-42)33-31-44-32-34-52(57(53)56(44)51)58(60(61)62)50-28-16-14-26-47(50)43-21-9-5-10-22-43/h4-38H,1-3H3. The third-order valence-corrected chi connectivity index (χ3v) is 13.6. The van der Waals surface area contributed by atoms with Crippen LogP contribution in [0.1, 0.15) is 16.7 Å². The molecule has 0 aromatic heterocycles. The summed E-state index contributed by atoms with van der Waals surface area (Å²) in [4.78, 5) is 2.58.